The molecule has 1 heterocycles. The van der Waals surface area contributed by atoms with Gasteiger partial charge in [0.25, 0.3) is 0 Å². The number of nitrogens with zero attached hydrogens (tertiary/aromatic N) is 1. The maximum Gasteiger partial charge on any atom is 0.338 e. The first-order chi connectivity index (χ1) is 7.11. The van der Waals surface area contributed by atoms with Gasteiger partial charge in [0.15, 0.2) is 0 Å². The number of halogens is 3. The lowest BCUT2D eigenvalue weighted by Crippen LogP contribution is -1.98. The van der Waals surface area contributed by atoms with Gasteiger partial charge in [-0.2, -0.15) is 0 Å². The lowest BCUT2D eigenvalue weighted by Gasteiger charge is -1.95. The quantitative estimate of drug-likeness (QED) is 0.820. The number of nitrogens with one attached hydrogen (secondary N) is 1. The number of hydrogen-bond acceptors (Lipinski definition) is 2. The van der Waals surface area contributed by atoms with Gasteiger partial charge in [0.05, 0.1) is 17.0 Å². The van der Waals surface area contributed by atoms with E-state index in [1.54, 1.807) is 0 Å². The van der Waals surface area contributed by atoms with Crippen LogP contribution in [0.5, 0.6) is 0 Å². The number of benzene rings is 1. The van der Waals surface area contributed by atoms with Crippen molar-refractivity contribution in [3.8, 4) is 0 Å². The molecule has 0 unspecified atom stereocenters. The summed E-state index contributed by atoms with van der Waals surface area (Å²) in [5.41, 5.74) is 0.389. The molecule has 0 saturated heterocycles. The molecule has 0 fully saturated rings. The summed E-state index contributed by atoms with van der Waals surface area (Å²) in [6, 6.07) is 2.12. The highest BCUT2D eigenvalue weighted by molar-refractivity contribution is 6.17. The molecular weight excluding hydrogens is 258 g/mol. The first-order valence-electron chi connectivity index (χ1n) is 4.09. The van der Waals surface area contributed by atoms with Gasteiger partial charge in [-0.3, -0.25) is 0 Å². The zero-order chi connectivity index (χ0) is 11.0. The number of carboxylic acid groups (broad SMARTS) is 1. The summed E-state index contributed by atoms with van der Waals surface area (Å²) in [5, 5.41) is 8.84. The molecule has 2 rings (SSSR count). The van der Waals surface area contributed by atoms with Gasteiger partial charge in [-0.25, -0.2) is 14.2 Å². The summed E-state index contributed by atoms with van der Waals surface area (Å²) in [7, 11) is 0. The number of carbonyl (C=O) groups is 1. The largest absolute Gasteiger partial charge is 0.478 e. The fourth-order valence-electron chi connectivity index (χ4n) is 1.36. The van der Waals surface area contributed by atoms with E-state index in [4.69, 9.17) is 16.7 Å². The second kappa shape index (κ2) is 4.67. The molecule has 0 spiro atoms. The second-order valence-electron chi connectivity index (χ2n) is 2.97. The third-order valence-electron chi connectivity index (χ3n) is 1.96. The fraction of sp³-hybridized carbons (Fsp3) is 0.111. The Morgan fingerprint density at radius 3 is 2.81 bits per heavy atom. The fourth-order valence-corrected chi connectivity index (χ4v) is 1.49. The summed E-state index contributed by atoms with van der Waals surface area (Å²) in [5.74, 6) is -1.30. The van der Waals surface area contributed by atoms with Gasteiger partial charge in [-0.1, -0.05) is 0 Å². The molecule has 1 aromatic heterocycles. The van der Waals surface area contributed by atoms with Crippen molar-refractivity contribution in [2.24, 2.45) is 0 Å². The number of aromatic amines is 1. The van der Waals surface area contributed by atoms with Crippen LogP contribution in [0.4, 0.5) is 4.39 Å². The average molecular weight is 265 g/mol. The van der Waals surface area contributed by atoms with Crippen LogP contribution in [-0.2, 0) is 5.88 Å². The minimum absolute atomic E-state index is 0. The van der Waals surface area contributed by atoms with Crippen molar-refractivity contribution in [3.05, 3.63) is 29.3 Å². The zero-order valence-corrected chi connectivity index (χ0v) is 9.40. The molecule has 0 atom stereocenters. The van der Waals surface area contributed by atoms with Crippen molar-refractivity contribution >= 4 is 41.0 Å². The smallest absolute Gasteiger partial charge is 0.338 e. The van der Waals surface area contributed by atoms with E-state index in [0.717, 1.165) is 6.07 Å². The van der Waals surface area contributed by atoms with E-state index >= 15 is 0 Å². The first kappa shape index (κ1) is 12.7. The Morgan fingerprint density at radius 1 is 1.56 bits per heavy atom. The van der Waals surface area contributed by atoms with E-state index in [9.17, 15) is 9.18 Å². The van der Waals surface area contributed by atoms with E-state index in [1.807, 2.05) is 0 Å². The molecule has 0 radical (unpaired) electrons. The Labute approximate surface area is 101 Å². The summed E-state index contributed by atoms with van der Waals surface area (Å²) < 4.78 is 13.0. The van der Waals surface area contributed by atoms with E-state index in [1.165, 1.54) is 6.07 Å². The van der Waals surface area contributed by atoms with E-state index in [0.29, 0.717) is 11.3 Å². The molecule has 0 aliphatic carbocycles. The Morgan fingerprint density at radius 2 is 2.25 bits per heavy atom. The number of fused-ring (bicyclic) bond motifs is 1. The number of rotatable bonds is 2. The molecule has 1 aromatic carbocycles. The number of carboxylic acids is 1. The van der Waals surface area contributed by atoms with Crippen LogP contribution in [0.1, 0.15) is 16.2 Å². The van der Waals surface area contributed by atoms with Gasteiger partial charge in [0.1, 0.15) is 17.2 Å². The predicted molar refractivity (Wildman–Crippen MR) is 59.8 cm³/mol. The third kappa shape index (κ3) is 2.10. The topological polar surface area (TPSA) is 66.0 Å². The maximum atomic E-state index is 13.0. The standard InChI is InChI=1S/C9H6ClFN2O2.ClH/c10-3-7-12-6-2-4(11)1-5(9(14)15)8(6)13-7;/h1-2H,3H2,(H,12,13)(H,14,15);1H. The second-order valence-corrected chi connectivity index (χ2v) is 3.24. The minimum Gasteiger partial charge on any atom is -0.478 e. The molecule has 16 heavy (non-hydrogen) atoms. The number of alkyl halides is 1. The summed E-state index contributed by atoms with van der Waals surface area (Å²) >= 11 is 5.54. The van der Waals surface area contributed by atoms with E-state index < -0.39 is 11.8 Å². The third-order valence-corrected chi connectivity index (χ3v) is 2.21. The Hall–Kier alpha value is -1.33. The lowest BCUT2D eigenvalue weighted by molar-refractivity contribution is 0.0698. The van der Waals surface area contributed by atoms with Crippen LogP contribution in [0.2, 0.25) is 0 Å². The molecule has 2 N–H and O–H groups in total. The molecular formula is C9H7Cl2FN2O2. The van der Waals surface area contributed by atoms with Crippen LogP contribution in [-0.4, -0.2) is 21.0 Å². The van der Waals surface area contributed by atoms with Crippen LogP contribution < -0.4 is 0 Å². The maximum absolute atomic E-state index is 13.0. The molecule has 2 aromatic rings. The highest BCUT2D eigenvalue weighted by Crippen LogP contribution is 2.19. The number of H-pyrrole nitrogens is 1. The Kier molecular flexibility index (Phi) is 3.72. The van der Waals surface area contributed by atoms with Crippen LogP contribution in [0, 0.1) is 5.82 Å². The number of imidazole rings is 1. The van der Waals surface area contributed by atoms with E-state index in [-0.39, 0.29) is 29.4 Å². The predicted octanol–water partition coefficient (Wildman–Crippen LogP) is 2.56. The van der Waals surface area contributed by atoms with Gasteiger partial charge in [0.2, 0.25) is 0 Å². The molecule has 0 amide bonds. The summed E-state index contributed by atoms with van der Waals surface area (Å²) in [6.07, 6.45) is 0. The van der Waals surface area contributed by atoms with Gasteiger partial charge in [0, 0.05) is 0 Å². The molecule has 0 aliphatic rings. The summed E-state index contributed by atoms with van der Waals surface area (Å²) in [6.45, 7) is 0. The monoisotopic (exact) mass is 264 g/mol. The van der Waals surface area contributed by atoms with Gasteiger partial charge in [-0.15, -0.1) is 24.0 Å². The number of aromatic carboxylic acids is 1. The van der Waals surface area contributed by atoms with Crippen LogP contribution in [0.15, 0.2) is 12.1 Å². The Bertz CT molecular complexity index is 542. The van der Waals surface area contributed by atoms with Crippen molar-refractivity contribution in [3.63, 3.8) is 0 Å². The van der Waals surface area contributed by atoms with Crippen molar-refractivity contribution in [2.75, 3.05) is 0 Å². The minimum atomic E-state index is -1.22. The normalized spacial score (nSPS) is 10.1. The first-order valence-corrected chi connectivity index (χ1v) is 4.62. The molecule has 0 aliphatic heterocycles. The van der Waals surface area contributed by atoms with E-state index in [2.05, 4.69) is 9.97 Å². The molecule has 0 bridgehead atoms. The number of hydrogen-bond donors (Lipinski definition) is 2. The molecule has 7 heteroatoms. The van der Waals surface area contributed by atoms with Crippen molar-refractivity contribution in [1.82, 2.24) is 9.97 Å². The number of aromatic nitrogens is 2. The highest BCUT2D eigenvalue weighted by Gasteiger charge is 2.14. The SMILES string of the molecule is Cl.O=C(O)c1cc(F)cc2[nH]c(CCl)nc12. The van der Waals surface area contributed by atoms with Crippen molar-refractivity contribution in [1.29, 1.82) is 0 Å². The zero-order valence-electron chi connectivity index (χ0n) is 7.83. The average Bonchev–Trinajstić information content (AvgIpc) is 2.58. The lowest BCUT2D eigenvalue weighted by atomic mass is 10.2. The van der Waals surface area contributed by atoms with Gasteiger partial charge < -0.3 is 10.1 Å². The van der Waals surface area contributed by atoms with Crippen LogP contribution in [0.25, 0.3) is 11.0 Å². The molecule has 4 nitrogen and oxygen atoms in total. The summed E-state index contributed by atoms with van der Waals surface area (Å²) in [4.78, 5) is 17.5. The Balaban J connectivity index is 0.00000128. The van der Waals surface area contributed by atoms with Gasteiger partial charge >= 0.3 is 5.97 Å². The van der Waals surface area contributed by atoms with Gasteiger partial charge in [-0.05, 0) is 12.1 Å². The highest BCUT2D eigenvalue weighted by atomic mass is 35.5. The van der Waals surface area contributed by atoms with Crippen molar-refractivity contribution < 1.29 is 14.3 Å². The van der Waals surface area contributed by atoms with Crippen molar-refractivity contribution in [2.45, 2.75) is 5.88 Å². The van der Waals surface area contributed by atoms with Crippen LogP contribution in [0.3, 0.4) is 0 Å². The molecule has 0 saturated carbocycles. The van der Waals surface area contributed by atoms with Crippen LogP contribution >= 0.6 is 24.0 Å². The molecule has 86 valence electrons.